The van der Waals surface area contributed by atoms with Gasteiger partial charge < -0.3 is 19.8 Å². The summed E-state index contributed by atoms with van der Waals surface area (Å²) in [5.74, 6) is 0.290. The van der Waals surface area contributed by atoms with E-state index in [1.165, 1.54) is 6.08 Å². The fraction of sp³-hybridized carbons (Fsp3) is 0.565. The van der Waals surface area contributed by atoms with Gasteiger partial charge in [-0.1, -0.05) is 36.2 Å². The first-order valence-corrected chi connectivity index (χ1v) is 11.7. The van der Waals surface area contributed by atoms with Crippen molar-refractivity contribution in [2.45, 2.75) is 32.3 Å². The van der Waals surface area contributed by atoms with Crippen molar-refractivity contribution in [2.75, 3.05) is 45.8 Å². The molecule has 0 spiro atoms. The van der Waals surface area contributed by atoms with E-state index >= 15 is 0 Å². The minimum absolute atomic E-state index is 0.103. The minimum Gasteiger partial charge on any atom is -0.393 e. The molecule has 6 nitrogen and oxygen atoms in total. The molecule has 2 atom stereocenters. The Hall–Kier alpha value is -1.60. The summed E-state index contributed by atoms with van der Waals surface area (Å²) in [6.45, 7) is 7.04. The summed E-state index contributed by atoms with van der Waals surface area (Å²) >= 11 is 11.9. The highest BCUT2D eigenvalue weighted by atomic mass is 35.5. The first-order valence-electron chi connectivity index (χ1n) is 10.9. The number of aliphatic hydroxyl groups is 1. The molecule has 1 N–H and O–H groups in total. The Morgan fingerprint density at radius 2 is 1.97 bits per heavy atom. The average Bonchev–Trinajstić information content (AvgIpc) is 2.93. The number of likely N-dealkylation sites (tertiary alicyclic amines) is 1. The summed E-state index contributed by atoms with van der Waals surface area (Å²) in [5.41, 5.74) is 0.801. The average molecular weight is 468 g/mol. The number of hydrogen-bond acceptors (Lipinski definition) is 4. The zero-order valence-corrected chi connectivity index (χ0v) is 19.5. The van der Waals surface area contributed by atoms with Crippen molar-refractivity contribution >= 4 is 41.1 Å². The maximum atomic E-state index is 12.6. The van der Waals surface area contributed by atoms with Crippen molar-refractivity contribution in [1.29, 1.82) is 0 Å². The highest BCUT2D eigenvalue weighted by Crippen LogP contribution is 2.23. The van der Waals surface area contributed by atoms with E-state index < -0.39 is 0 Å². The van der Waals surface area contributed by atoms with E-state index in [1.807, 2.05) is 4.90 Å². The lowest BCUT2D eigenvalue weighted by molar-refractivity contribution is -0.130. The van der Waals surface area contributed by atoms with E-state index in [0.29, 0.717) is 48.6 Å². The van der Waals surface area contributed by atoms with Gasteiger partial charge in [0.05, 0.1) is 16.1 Å². The SMILES string of the molecule is C[C@@H]1CN(CCCN2CCN(C(=O)/C=C/c3ccc(Cl)c(Cl)c3)CCC2=O)CC[C@@H]1O. The van der Waals surface area contributed by atoms with Gasteiger partial charge in [0.25, 0.3) is 0 Å². The number of aliphatic hydroxyl groups excluding tert-OH is 1. The Morgan fingerprint density at radius 1 is 1.16 bits per heavy atom. The number of carbonyl (C=O) groups is 2. The van der Waals surface area contributed by atoms with Crippen LogP contribution in [0.2, 0.25) is 10.0 Å². The lowest BCUT2D eigenvalue weighted by Gasteiger charge is -2.34. The molecule has 2 aliphatic heterocycles. The van der Waals surface area contributed by atoms with Gasteiger partial charge in [-0.15, -0.1) is 0 Å². The molecule has 0 saturated carbocycles. The first-order chi connectivity index (χ1) is 14.8. The highest BCUT2D eigenvalue weighted by Gasteiger charge is 2.25. The van der Waals surface area contributed by atoms with Crippen molar-refractivity contribution in [2.24, 2.45) is 5.92 Å². The highest BCUT2D eigenvalue weighted by molar-refractivity contribution is 6.42. The zero-order chi connectivity index (χ0) is 22.4. The zero-order valence-electron chi connectivity index (χ0n) is 18.0. The first kappa shape index (κ1) is 24.1. The molecule has 31 heavy (non-hydrogen) atoms. The Balaban J connectivity index is 1.45. The van der Waals surface area contributed by atoms with Gasteiger partial charge in [-0.25, -0.2) is 0 Å². The lowest BCUT2D eigenvalue weighted by atomic mass is 9.97. The molecule has 0 bridgehead atoms. The van der Waals surface area contributed by atoms with E-state index in [-0.39, 0.29) is 17.9 Å². The molecule has 2 saturated heterocycles. The molecule has 3 rings (SSSR count). The second-order valence-electron chi connectivity index (χ2n) is 8.45. The molecule has 0 aromatic heterocycles. The topological polar surface area (TPSA) is 64.1 Å². The quantitative estimate of drug-likeness (QED) is 0.652. The third kappa shape index (κ3) is 6.94. The Kier molecular flexibility index (Phi) is 8.78. The second-order valence-corrected chi connectivity index (χ2v) is 9.26. The largest absolute Gasteiger partial charge is 0.393 e. The summed E-state index contributed by atoms with van der Waals surface area (Å²) in [7, 11) is 0. The van der Waals surface area contributed by atoms with Crippen molar-refractivity contribution < 1.29 is 14.7 Å². The molecule has 1 aromatic carbocycles. The predicted octanol–water partition coefficient (Wildman–Crippen LogP) is 3.16. The molecule has 170 valence electrons. The molecule has 8 heteroatoms. The van der Waals surface area contributed by atoms with Gasteiger partial charge in [0.2, 0.25) is 11.8 Å². The van der Waals surface area contributed by atoms with E-state index in [2.05, 4.69) is 11.8 Å². The van der Waals surface area contributed by atoms with Gasteiger partial charge in [0, 0.05) is 51.8 Å². The second kappa shape index (κ2) is 11.3. The van der Waals surface area contributed by atoms with Crippen LogP contribution in [0.5, 0.6) is 0 Å². The molecular formula is C23H31Cl2N3O3. The molecule has 2 amide bonds. The predicted molar refractivity (Wildman–Crippen MR) is 124 cm³/mol. The molecule has 0 aliphatic carbocycles. The van der Waals surface area contributed by atoms with Crippen LogP contribution < -0.4 is 0 Å². The Bertz CT molecular complexity index is 817. The molecule has 2 aliphatic rings. The van der Waals surface area contributed by atoms with Gasteiger partial charge >= 0.3 is 0 Å². The lowest BCUT2D eigenvalue weighted by Crippen LogP contribution is -2.43. The number of halogens is 2. The van der Waals surface area contributed by atoms with Crippen molar-refractivity contribution in [3.63, 3.8) is 0 Å². The number of hydrogen-bond donors (Lipinski definition) is 1. The van der Waals surface area contributed by atoms with Gasteiger partial charge in [0.1, 0.15) is 0 Å². The van der Waals surface area contributed by atoms with Crippen LogP contribution in [0, 0.1) is 5.92 Å². The fourth-order valence-electron chi connectivity index (χ4n) is 4.12. The maximum absolute atomic E-state index is 12.6. The third-order valence-electron chi connectivity index (χ3n) is 6.11. The molecular weight excluding hydrogens is 437 g/mol. The van der Waals surface area contributed by atoms with E-state index in [1.54, 1.807) is 29.2 Å². The van der Waals surface area contributed by atoms with E-state index in [9.17, 15) is 14.7 Å². The molecule has 2 heterocycles. The number of carbonyl (C=O) groups excluding carboxylic acids is 2. The van der Waals surface area contributed by atoms with Crippen LogP contribution in [0.25, 0.3) is 6.08 Å². The van der Waals surface area contributed by atoms with Crippen LogP contribution in [-0.2, 0) is 9.59 Å². The van der Waals surface area contributed by atoms with Crippen molar-refractivity contribution in [3.8, 4) is 0 Å². The van der Waals surface area contributed by atoms with Gasteiger partial charge in [-0.2, -0.15) is 0 Å². The van der Waals surface area contributed by atoms with Crippen LogP contribution in [-0.4, -0.2) is 83.5 Å². The van der Waals surface area contributed by atoms with E-state index in [0.717, 1.165) is 38.0 Å². The summed E-state index contributed by atoms with van der Waals surface area (Å²) < 4.78 is 0. The number of benzene rings is 1. The van der Waals surface area contributed by atoms with Crippen molar-refractivity contribution in [1.82, 2.24) is 14.7 Å². The minimum atomic E-state index is -0.197. The number of nitrogens with zero attached hydrogens (tertiary/aromatic N) is 3. The van der Waals surface area contributed by atoms with E-state index in [4.69, 9.17) is 23.2 Å². The number of amides is 2. The Labute approximate surface area is 194 Å². The summed E-state index contributed by atoms with van der Waals surface area (Å²) in [6.07, 6.45) is 5.10. The standard InChI is InChI=1S/C23H31Cl2N3O3/c1-17-16-26(11-7-21(17)29)9-2-10-27-13-14-28(12-8-23(27)31)22(30)6-4-18-3-5-19(24)20(25)15-18/h3-6,15,17,21,29H,2,7-14,16H2,1H3/b6-4+/t17-,21+/m1/s1. The number of rotatable bonds is 6. The summed E-state index contributed by atoms with van der Waals surface area (Å²) in [4.78, 5) is 31.1. The normalized spacial score (nSPS) is 23.4. The van der Waals surface area contributed by atoms with Crippen molar-refractivity contribution in [3.05, 3.63) is 39.9 Å². The monoisotopic (exact) mass is 467 g/mol. The molecule has 1 aromatic rings. The van der Waals surface area contributed by atoms with Gasteiger partial charge in [-0.3, -0.25) is 9.59 Å². The fourth-order valence-corrected chi connectivity index (χ4v) is 4.43. The van der Waals surface area contributed by atoms with Gasteiger partial charge in [0.15, 0.2) is 0 Å². The van der Waals surface area contributed by atoms with Crippen LogP contribution in [0.3, 0.4) is 0 Å². The maximum Gasteiger partial charge on any atom is 0.246 e. The summed E-state index contributed by atoms with van der Waals surface area (Å²) in [6, 6.07) is 5.21. The third-order valence-corrected chi connectivity index (χ3v) is 6.85. The smallest absolute Gasteiger partial charge is 0.246 e. The van der Waals surface area contributed by atoms with Crippen LogP contribution in [0.15, 0.2) is 24.3 Å². The molecule has 0 unspecified atom stereocenters. The van der Waals surface area contributed by atoms with Crippen LogP contribution in [0.4, 0.5) is 0 Å². The number of piperidine rings is 1. The van der Waals surface area contributed by atoms with Crippen LogP contribution in [0.1, 0.15) is 31.7 Å². The summed E-state index contributed by atoms with van der Waals surface area (Å²) in [5, 5.41) is 10.8. The van der Waals surface area contributed by atoms with Gasteiger partial charge in [-0.05, 0) is 49.1 Å². The Morgan fingerprint density at radius 3 is 2.71 bits per heavy atom. The molecule has 0 radical (unpaired) electrons. The molecule has 2 fully saturated rings. The van der Waals surface area contributed by atoms with Crippen LogP contribution >= 0.6 is 23.2 Å².